The third kappa shape index (κ3) is 3.88. The van der Waals surface area contributed by atoms with Crippen LogP contribution >= 0.6 is 15.9 Å². The van der Waals surface area contributed by atoms with Crippen molar-refractivity contribution in [2.45, 2.75) is 12.6 Å². The first kappa shape index (κ1) is 15.3. The van der Waals surface area contributed by atoms with E-state index in [0.717, 1.165) is 6.54 Å². The summed E-state index contributed by atoms with van der Waals surface area (Å²) < 4.78 is 7.23. The summed E-state index contributed by atoms with van der Waals surface area (Å²) in [7, 11) is 5.46. The van der Waals surface area contributed by atoms with Gasteiger partial charge in [0.15, 0.2) is 0 Å². The lowest BCUT2D eigenvalue weighted by Gasteiger charge is -2.14. The van der Waals surface area contributed by atoms with Gasteiger partial charge >= 0.3 is 0 Å². The van der Waals surface area contributed by atoms with Crippen molar-refractivity contribution in [3.63, 3.8) is 0 Å². The van der Waals surface area contributed by atoms with E-state index in [4.69, 9.17) is 10.5 Å². The van der Waals surface area contributed by atoms with Gasteiger partial charge in [-0.25, -0.2) is 0 Å². The summed E-state index contributed by atoms with van der Waals surface area (Å²) in [5.74, 6) is -0.167. The minimum absolute atomic E-state index is 0.167. The highest BCUT2D eigenvalue weighted by molar-refractivity contribution is 9.10. The van der Waals surface area contributed by atoms with Gasteiger partial charge in [-0.05, 0) is 30.0 Å². The van der Waals surface area contributed by atoms with E-state index in [2.05, 4.69) is 21.0 Å². The highest BCUT2D eigenvalue weighted by Crippen LogP contribution is 2.17. The summed E-state index contributed by atoms with van der Waals surface area (Å²) in [5.41, 5.74) is 6.27. The standard InChI is InChI=1S/C11H19BrN4O2/c1-15(2)4-5-16-10(8(12)6-14-16)11(17)9(13)7-18-3/h6,9H,4-5,7,13H2,1-3H3. The molecule has 1 aromatic rings. The van der Waals surface area contributed by atoms with Crippen LogP contribution in [0.25, 0.3) is 0 Å². The molecule has 0 aliphatic rings. The molecule has 0 saturated heterocycles. The van der Waals surface area contributed by atoms with Gasteiger partial charge in [0.05, 0.1) is 29.9 Å². The molecule has 0 aliphatic carbocycles. The molecule has 1 unspecified atom stereocenters. The van der Waals surface area contributed by atoms with E-state index in [9.17, 15) is 4.79 Å². The molecular weight excluding hydrogens is 300 g/mol. The van der Waals surface area contributed by atoms with Crippen LogP contribution in [0.4, 0.5) is 0 Å². The Bertz CT molecular complexity index is 406. The van der Waals surface area contributed by atoms with Crippen molar-refractivity contribution in [3.8, 4) is 0 Å². The SMILES string of the molecule is COCC(N)C(=O)c1c(Br)cnn1CCN(C)C. The molecule has 0 spiro atoms. The maximum Gasteiger partial charge on any atom is 0.200 e. The first-order chi connectivity index (χ1) is 8.47. The zero-order valence-electron chi connectivity index (χ0n) is 10.9. The van der Waals surface area contributed by atoms with Crippen LogP contribution < -0.4 is 5.73 Å². The Kier molecular flexibility index (Phi) is 5.94. The molecule has 0 aliphatic heterocycles. The lowest BCUT2D eigenvalue weighted by atomic mass is 10.1. The van der Waals surface area contributed by atoms with E-state index in [1.54, 1.807) is 10.9 Å². The van der Waals surface area contributed by atoms with E-state index < -0.39 is 6.04 Å². The molecule has 0 aromatic carbocycles. The van der Waals surface area contributed by atoms with Crippen molar-refractivity contribution in [2.24, 2.45) is 5.73 Å². The first-order valence-corrected chi connectivity index (χ1v) is 6.41. The average Bonchev–Trinajstić information content (AvgIpc) is 2.67. The Labute approximate surface area is 115 Å². The normalized spacial score (nSPS) is 13.0. The summed E-state index contributed by atoms with van der Waals surface area (Å²) in [6.07, 6.45) is 1.61. The fourth-order valence-corrected chi connectivity index (χ4v) is 1.99. The molecule has 102 valence electrons. The second-order valence-electron chi connectivity index (χ2n) is 4.29. The van der Waals surface area contributed by atoms with Gasteiger partial charge in [-0.15, -0.1) is 0 Å². The highest BCUT2D eigenvalue weighted by Gasteiger charge is 2.22. The van der Waals surface area contributed by atoms with Crippen molar-refractivity contribution in [1.29, 1.82) is 0 Å². The summed E-state index contributed by atoms with van der Waals surface area (Å²) >= 11 is 3.33. The second kappa shape index (κ2) is 6.98. The molecule has 1 rings (SSSR count). The van der Waals surface area contributed by atoms with Crippen LogP contribution in [0.5, 0.6) is 0 Å². The van der Waals surface area contributed by atoms with E-state index in [-0.39, 0.29) is 12.4 Å². The number of ether oxygens (including phenoxy) is 1. The number of aromatic nitrogens is 2. The van der Waals surface area contributed by atoms with E-state index in [1.165, 1.54) is 7.11 Å². The Morgan fingerprint density at radius 2 is 2.33 bits per heavy atom. The van der Waals surface area contributed by atoms with Gasteiger partial charge < -0.3 is 15.4 Å². The molecule has 2 N–H and O–H groups in total. The summed E-state index contributed by atoms with van der Waals surface area (Å²) in [4.78, 5) is 14.2. The van der Waals surface area contributed by atoms with Gasteiger partial charge in [0.2, 0.25) is 5.78 Å². The molecule has 6 nitrogen and oxygen atoms in total. The van der Waals surface area contributed by atoms with Crippen LogP contribution in [0.15, 0.2) is 10.7 Å². The Morgan fingerprint density at radius 3 is 2.89 bits per heavy atom. The smallest absolute Gasteiger partial charge is 0.200 e. The molecule has 1 aromatic heterocycles. The third-order valence-corrected chi connectivity index (χ3v) is 3.05. The van der Waals surface area contributed by atoms with Crippen LogP contribution in [0.1, 0.15) is 10.5 Å². The number of carbonyl (C=O) groups is 1. The monoisotopic (exact) mass is 318 g/mol. The molecule has 0 saturated carbocycles. The van der Waals surface area contributed by atoms with Crippen molar-refractivity contribution in [1.82, 2.24) is 14.7 Å². The van der Waals surface area contributed by atoms with E-state index in [0.29, 0.717) is 16.7 Å². The van der Waals surface area contributed by atoms with Crippen LogP contribution in [-0.4, -0.2) is 60.9 Å². The summed E-state index contributed by atoms with van der Waals surface area (Å²) in [6, 6.07) is -0.666. The number of likely N-dealkylation sites (N-methyl/N-ethyl adjacent to an activating group) is 1. The maximum absolute atomic E-state index is 12.2. The number of Topliss-reactive ketones (excluding diaryl/α,β-unsaturated/α-hetero) is 1. The number of ketones is 1. The second-order valence-corrected chi connectivity index (χ2v) is 5.15. The number of hydrogen-bond donors (Lipinski definition) is 1. The number of nitrogens with two attached hydrogens (primary N) is 1. The molecule has 18 heavy (non-hydrogen) atoms. The zero-order chi connectivity index (χ0) is 13.7. The largest absolute Gasteiger partial charge is 0.383 e. The van der Waals surface area contributed by atoms with Crippen molar-refractivity contribution < 1.29 is 9.53 Å². The molecule has 0 fully saturated rings. The van der Waals surface area contributed by atoms with Crippen molar-refractivity contribution in [3.05, 3.63) is 16.4 Å². The van der Waals surface area contributed by atoms with Gasteiger partial charge in [0.1, 0.15) is 5.69 Å². The van der Waals surface area contributed by atoms with Crippen LogP contribution in [0.3, 0.4) is 0 Å². The minimum Gasteiger partial charge on any atom is -0.383 e. The topological polar surface area (TPSA) is 73.4 Å². The summed E-state index contributed by atoms with van der Waals surface area (Å²) in [6.45, 7) is 1.64. The molecule has 1 heterocycles. The lowest BCUT2D eigenvalue weighted by molar-refractivity contribution is 0.0880. The number of carbonyl (C=O) groups excluding carboxylic acids is 1. The van der Waals surface area contributed by atoms with Crippen molar-refractivity contribution in [2.75, 3.05) is 34.4 Å². The molecule has 0 bridgehead atoms. The van der Waals surface area contributed by atoms with Gasteiger partial charge in [-0.2, -0.15) is 5.10 Å². The Balaban J connectivity index is 2.86. The van der Waals surface area contributed by atoms with E-state index >= 15 is 0 Å². The zero-order valence-corrected chi connectivity index (χ0v) is 12.5. The predicted molar refractivity (Wildman–Crippen MR) is 72.7 cm³/mol. The molecule has 0 radical (unpaired) electrons. The number of methoxy groups -OCH3 is 1. The molecular formula is C11H19BrN4O2. The average molecular weight is 319 g/mol. The maximum atomic E-state index is 12.2. The highest BCUT2D eigenvalue weighted by atomic mass is 79.9. The minimum atomic E-state index is -0.666. The number of halogens is 1. The fraction of sp³-hybridized carbons (Fsp3) is 0.636. The number of hydrogen-bond acceptors (Lipinski definition) is 5. The van der Waals surface area contributed by atoms with E-state index in [1.807, 2.05) is 19.0 Å². The lowest BCUT2D eigenvalue weighted by Crippen LogP contribution is -2.36. The number of rotatable bonds is 7. The van der Waals surface area contributed by atoms with Gasteiger partial charge in [0.25, 0.3) is 0 Å². The fourth-order valence-electron chi connectivity index (χ4n) is 1.50. The van der Waals surface area contributed by atoms with Gasteiger partial charge in [-0.1, -0.05) is 0 Å². The van der Waals surface area contributed by atoms with Crippen molar-refractivity contribution >= 4 is 21.7 Å². The third-order valence-electron chi connectivity index (χ3n) is 2.47. The van der Waals surface area contributed by atoms with Crippen LogP contribution in [0.2, 0.25) is 0 Å². The van der Waals surface area contributed by atoms with Crippen LogP contribution in [0, 0.1) is 0 Å². The van der Waals surface area contributed by atoms with Gasteiger partial charge in [-0.3, -0.25) is 9.48 Å². The Morgan fingerprint density at radius 1 is 1.67 bits per heavy atom. The quantitative estimate of drug-likeness (QED) is 0.735. The Hall–Kier alpha value is -0.760. The predicted octanol–water partition coefficient (Wildman–Crippen LogP) is 0.364. The van der Waals surface area contributed by atoms with Gasteiger partial charge in [0, 0.05) is 13.7 Å². The first-order valence-electron chi connectivity index (χ1n) is 5.62. The van der Waals surface area contributed by atoms with Crippen LogP contribution in [-0.2, 0) is 11.3 Å². The molecule has 0 amide bonds. The molecule has 7 heteroatoms. The number of nitrogens with zero attached hydrogens (tertiary/aromatic N) is 3. The molecule has 1 atom stereocenters. The summed E-state index contributed by atoms with van der Waals surface area (Å²) in [5, 5.41) is 4.18.